The zero-order valence-electron chi connectivity index (χ0n) is 19.4. The maximum absolute atomic E-state index is 12.5. The third kappa shape index (κ3) is 5.58. The minimum atomic E-state index is -0.118. The number of rotatable bonds is 9. The van der Waals surface area contributed by atoms with E-state index >= 15 is 0 Å². The van der Waals surface area contributed by atoms with E-state index in [0.29, 0.717) is 11.7 Å². The third-order valence-corrected chi connectivity index (χ3v) is 6.25. The minimum absolute atomic E-state index is 0.118. The van der Waals surface area contributed by atoms with E-state index in [9.17, 15) is 4.79 Å². The third-order valence-electron chi connectivity index (χ3n) is 5.33. The van der Waals surface area contributed by atoms with E-state index in [0.717, 1.165) is 28.6 Å². The molecule has 0 aliphatic rings. The molecule has 0 atom stereocenters. The molecule has 4 rings (SSSR count). The van der Waals surface area contributed by atoms with Crippen LogP contribution in [0.5, 0.6) is 5.75 Å². The van der Waals surface area contributed by atoms with Gasteiger partial charge >= 0.3 is 0 Å². The molecule has 3 aromatic carbocycles. The number of aryl methyl sites for hydroxylation is 2. The summed E-state index contributed by atoms with van der Waals surface area (Å²) < 4.78 is 7.15. The zero-order chi connectivity index (χ0) is 23.9. The van der Waals surface area contributed by atoms with Crippen LogP contribution in [0, 0.1) is 13.8 Å². The number of amides is 1. The van der Waals surface area contributed by atoms with E-state index in [1.54, 1.807) is 7.11 Å². The predicted octanol–water partition coefficient (Wildman–Crippen LogP) is 5.24. The van der Waals surface area contributed by atoms with Crippen molar-refractivity contribution in [3.8, 4) is 11.4 Å². The van der Waals surface area contributed by atoms with E-state index in [2.05, 4.69) is 46.8 Å². The van der Waals surface area contributed by atoms with Crippen LogP contribution in [0.25, 0.3) is 5.69 Å². The summed E-state index contributed by atoms with van der Waals surface area (Å²) in [5.41, 5.74) is 5.11. The number of nitrogens with one attached hydrogen (secondary N) is 2. The number of carbonyl (C=O) groups is 1. The Morgan fingerprint density at radius 2 is 1.65 bits per heavy atom. The van der Waals surface area contributed by atoms with Crippen LogP contribution < -0.4 is 15.4 Å². The number of anilines is 2. The highest BCUT2D eigenvalue weighted by Crippen LogP contribution is 2.25. The largest absolute Gasteiger partial charge is 0.497 e. The van der Waals surface area contributed by atoms with Gasteiger partial charge in [-0.25, -0.2) is 0 Å². The van der Waals surface area contributed by atoms with Crippen LogP contribution in [-0.2, 0) is 11.3 Å². The SMILES string of the molecule is COc1ccc(NC(=O)CSc2nnc(CNc3c(C)cccc3C)n2-c2ccccc2)cc1. The van der Waals surface area contributed by atoms with Gasteiger partial charge in [0.05, 0.1) is 19.4 Å². The monoisotopic (exact) mass is 473 g/mol. The van der Waals surface area contributed by atoms with Crippen LogP contribution in [0.4, 0.5) is 11.4 Å². The molecular formula is C26H27N5O2S. The number of aromatic nitrogens is 3. The Morgan fingerprint density at radius 1 is 0.941 bits per heavy atom. The first kappa shape index (κ1) is 23.4. The molecule has 34 heavy (non-hydrogen) atoms. The van der Waals surface area contributed by atoms with Crippen molar-refractivity contribution in [3.63, 3.8) is 0 Å². The van der Waals surface area contributed by atoms with Gasteiger partial charge in [0, 0.05) is 17.1 Å². The summed E-state index contributed by atoms with van der Waals surface area (Å²) in [4.78, 5) is 12.5. The molecule has 0 spiro atoms. The van der Waals surface area contributed by atoms with E-state index in [1.807, 2.05) is 65.2 Å². The summed E-state index contributed by atoms with van der Waals surface area (Å²) in [7, 11) is 1.61. The van der Waals surface area contributed by atoms with Gasteiger partial charge in [-0.3, -0.25) is 9.36 Å². The zero-order valence-corrected chi connectivity index (χ0v) is 20.2. The molecule has 0 fully saturated rings. The number of hydrogen-bond acceptors (Lipinski definition) is 6. The molecule has 4 aromatic rings. The topological polar surface area (TPSA) is 81.1 Å². The van der Waals surface area contributed by atoms with Gasteiger partial charge in [-0.15, -0.1) is 10.2 Å². The van der Waals surface area contributed by atoms with Crippen molar-refractivity contribution in [2.75, 3.05) is 23.5 Å². The number of hydrogen-bond donors (Lipinski definition) is 2. The Kier molecular flexibility index (Phi) is 7.49. The quantitative estimate of drug-likeness (QED) is 0.324. The number of para-hydroxylation sites is 2. The molecule has 0 unspecified atom stereocenters. The van der Waals surface area contributed by atoms with Crippen molar-refractivity contribution in [3.05, 3.63) is 89.7 Å². The Hall–Kier alpha value is -3.78. The molecule has 174 valence electrons. The molecular weight excluding hydrogens is 446 g/mol. The van der Waals surface area contributed by atoms with Gasteiger partial charge in [0.15, 0.2) is 11.0 Å². The van der Waals surface area contributed by atoms with Crippen molar-refractivity contribution in [1.29, 1.82) is 0 Å². The first-order chi connectivity index (χ1) is 16.5. The van der Waals surface area contributed by atoms with Gasteiger partial charge in [-0.05, 0) is 61.4 Å². The summed E-state index contributed by atoms with van der Waals surface area (Å²) in [5, 5.41) is 15.9. The smallest absolute Gasteiger partial charge is 0.234 e. The van der Waals surface area contributed by atoms with Crippen LogP contribution in [-0.4, -0.2) is 33.5 Å². The molecule has 0 radical (unpaired) electrons. The van der Waals surface area contributed by atoms with Crippen LogP contribution in [0.2, 0.25) is 0 Å². The normalized spacial score (nSPS) is 10.7. The van der Waals surface area contributed by atoms with Gasteiger partial charge < -0.3 is 15.4 Å². The van der Waals surface area contributed by atoms with Gasteiger partial charge in [-0.1, -0.05) is 48.2 Å². The van der Waals surface area contributed by atoms with Gasteiger partial charge in [-0.2, -0.15) is 0 Å². The molecule has 1 heterocycles. The number of carbonyl (C=O) groups excluding carboxylic acids is 1. The summed E-state index contributed by atoms with van der Waals surface area (Å²) in [6.07, 6.45) is 0. The molecule has 1 amide bonds. The van der Waals surface area contributed by atoms with E-state index in [1.165, 1.54) is 22.9 Å². The van der Waals surface area contributed by atoms with E-state index < -0.39 is 0 Å². The van der Waals surface area contributed by atoms with Gasteiger partial charge in [0.25, 0.3) is 0 Å². The van der Waals surface area contributed by atoms with Crippen molar-refractivity contribution in [1.82, 2.24) is 14.8 Å². The summed E-state index contributed by atoms with van der Waals surface area (Å²) in [5.74, 6) is 1.60. The standard InChI is InChI=1S/C26H27N5O2S/c1-18-8-7-9-19(2)25(18)27-16-23-29-30-26(31(23)21-10-5-4-6-11-21)34-17-24(32)28-20-12-14-22(33-3)15-13-20/h4-15,27H,16-17H2,1-3H3,(H,28,32). The molecule has 0 bridgehead atoms. The Balaban J connectivity index is 1.49. The van der Waals surface area contributed by atoms with Crippen molar-refractivity contribution < 1.29 is 9.53 Å². The van der Waals surface area contributed by atoms with E-state index in [-0.39, 0.29) is 11.7 Å². The highest BCUT2D eigenvalue weighted by atomic mass is 32.2. The first-order valence-corrected chi connectivity index (χ1v) is 11.9. The fourth-order valence-electron chi connectivity index (χ4n) is 3.61. The average Bonchev–Trinajstić information content (AvgIpc) is 3.26. The second kappa shape index (κ2) is 10.9. The Morgan fingerprint density at radius 3 is 2.32 bits per heavy atom. The van der Waals surface area contributed by atoms with Crippen LogP contribution in [0.3, 0.4) is 0 Å². The lowest BCUT2D eigenvalue weighted by atomic mass is 10.1. The Bertz CT molecular complexity index is 1240. The number of nitrogens with zero attached hydrogens (tertiary/aromatic N) is 3. The van der Waals surface area contributed by atoms with Crippen LogP contribution in [0.1, 0.15) is 17.0 Å². The maximum atomic E-state index is 12.5. The predicted molar refractivity (Wildman–Crippen MR) is 137 cm³/mol. The van der Waals surface area contributed by atoms with Crippen LogP contribution >= 0.6 is 11.8 Å². The molecule has 7 nitrogen and oxygen atoms in total. The Labute approximate surface area is 203 Å². The fraction of sp³-hybridized carbons (Fsp3) is 0.192. The minimum Gasteiger partial charge on any atom is -0.497 e. The van der Waals surface area contributed by atoms with Crippen LogP contribution in [0.15, 0.2) is 78.0 Å². The molecule has 1 aromatic heterocycles. The lowest BCUT2D eigenvalue weighted by Crippen LogP contribution is -2.15. The van der Waals surface area contributed by atoms with Crippen molar-refractivity contribution in [2.45, 2.75) is 25.5 Å². The molecule has 0 aliphatic carbocycles. The van der Waals surface area contributed by atoms with Crippen molar-refractivity contribution in [2.24, 2.45) is 0 Å². The summed E-state index contributed by atoms with van der Waals surface area (Å²) >= 11 is 1.35. The lowest BCUT2D eigenvalue weighted by Gasteiger charge is -2.14. The number of benzene rings is 3. The summed E-state index contributed by atoms with van der Waals surface area (Å²) in [6, 6.07) is 23.4. The number of methoxy groups -OCH3 is 1. The summed E-state index contributed by atoms with van der Waals surface area (Å²) in [6.45, 7) is 4.67. The molecule has 0 saturated heterocycles. The highest BCUT2D eigenvalue weighted by molar-refractivity contribution is 7.99. The van der Waals surface area contributed by atoms with Crippen molar-refractivity contribution >= 4 is 29.0 Å². The second-order valence-corrected chi connectivity index (χ2v) is 8.70. The average molecular weight is 474 g/mol. The number of thioether (sulfide) groups is 1. The van der Waals surface area contributed by atoms with E-state index in [4.69, 9.17) is 4.74 Å². The number of ether oxygens (including phenoxy) is 1. The highest BCUT2D eigenvalue weighted by Gasteiger charge is 2.16. The fourth-order valence-corrected chi connectivity index (χ4v) is 4.38. The molecule has 2 N–H and O–H groups in total. The second-order valence-electron chi connectivity index (χ2n) is 7.76. The van der Waals surface area contributed by atoms with Gasteiger partial charge in [0.2, 0.25) is 5.91 Å². The maximum Gasteiger partial charge on any atom is 0.234 e. The molecule has 8 heteroatoms. The molecule has 0 saturated carbocycles. The first-order valence-electron chi connectivity index (χ1n) is 10.9. The van der Waals surface area contributed by atoms with Gasteiger partial charge in [0.1, 0.15) is 5.75 Å². The lowest BCUT2D eigenvalue weighted by molar-refractivity contribution is -0.113. The molecule has 0 aliphatic heterocycles.